The number of hydrogen-bond donors (Lipinski definition) is 1. The van der Waals surface area contributed by atoms with Gasteiger partial charge in [0, 0.05) is 30.6 Å². The second-order valence-corrected chi connectivity index (χ2v) is 7.99. The van der Waals surface area contributed by atoms with Crippen molar-refractivity contribution in [3.8, 4) is 17.3 Å². The van der Waals surface area contributed by atoms with Crippen molar-refractivity contribution in [3.05, 3.63) is 59.4 Å². The summed E-state index contributed by atoms with van der Waals surface area (Å²) < 4.78 is 78.1. The number of benzene rings is 1. The second kappa shape index (κ2) is 8.07. The molecule has 0 aliphatic rings. The summed E-state index contributed by atoms with van der Waals surface area (Å²) in [6.45, 7) is 0. The average Bonchev–Trinajstić information content (AvgIpc) is 3.17. The van der Waals surface area contributed by atoms with Crippen molar-refractivity contribution in [2.75, 3.05) is 18.9 Å². The van der Waals surface area contributed by atoms with Crippen LogP contribution < -0.4 is 14.2 Å². The summed E-state index contributed by atoms with van der Waals surface area (Å²) in [5.41, 5.74) is -0.889. The first kappa shape index (κ1) is 21.8. The first-order chi connectivity index (χ1) is 14.0. The number of nitrogens with zero attached hydrogens (tertiary/aromatic N) is 2. The number of anilines is 1. The minimum absolute atomic E-state index is 0.158. The molecule has 0 unspecified atom stereocenters. The molecule has 1 N–H and O–H groups in total. The van der Waals surface area contributed by atoms with Gasteiger partial charge >= 0.3 is 6.18 Å². The van der Waals surface area contributed by atoms with E-state index in [-0.39, 0.29) is 21.6 Å². The summed E-state index contributed by atoms with van der Waals surface area (Å²) in [6.07, 6.45) is -2.73. The normalized spacial score (nSPS) is 11.9. The summed E-state index contributed by atoms with van der Waals surface area (Å²) in [6, 6.07) is 7.78. The highest BCUT2D eigenvalue weighted by atomic mass is 35.5. The van der Waals surface area contributed by atoms with Crippen LogP contribution in [0.2, 0.25) is 5.02 Å². The molecular weight excluding hydrogens is 447 g/mol. The molecule has 0 aliphatic carbocycles. The molecule has 0 bridgehead atoms. The molecule has 0 aliphatic heterocycles. The van der Waals surface area contributed by atoms with Gasteiger partial charge < -0.3 is 9.47 Å². The van der Waals surface area contributed by atoms with E-state index >= 15 is 0 Å². The van der Waals surface area contributed by atoms with Gasteiger partial charge in [0.05, 0.1) is 30.5 Å². The molecule has 2 aromatic heterocycles. The molecule has 0 radical (unpaired) electrons. The Morgan fingerprint density at radius 3 is 2.27 bits per heavy atom. The molecule has 3 aromatic rings. The van der Waals surface area contributed by atoms with Crippen molar-refractivity contribution in [2.45, 2.75) is 11.2 Å². The fourth-order valence-electron chi connectivity index (χ4n) is 2.60. The summed E-state index contributed by atoms with van der Waals surface area (Å²) >= 11 is 5.96. The molecule has 0 saturated carbocycles. The summed E-state index contributed by atoms with van der Waals surface area (Å²) in [4.78, 5) is 3.70. The lowest BCUT2D eigenvalue weighted by Gasteiger charge is -2.14. The van der Waals surface area contributed by atoms with Crippen molar-refractivity contribution in [2.24, 2.45) is 0 Å². The third-order valence-corrected chi connectivity index (χ3v) is 5.63. The third kappa shape index (κ3) is 4.46. The Balaban J connectivity index is 2.00. The largest absolute Gasteiger partial charge is 0.497 e. The highest BCUT2D eigenvalue weighted by molar-refractivity contribution is 7.92. The van der Waals surface area contributed by atoms with Crippen LogP contribution in [0.4, 0.5) is 18.9 Å². The number of halogens is 4. The van der Waals surface area contributed by atoms with E-state index < -0.39 is 21.8 Å². The van der Waals surface area contributed by atoms with Gasteiger partial charge in [-0.25, -0.2) is 4.98 Å². The van der Waals surface area contributed by atoms with Crippen LogP contribution in [0.5, 0.6) is 11.5 Å². The predicted octanol–water partition coefficient (Wildman–Crippen LogP) is 4.36. The van der Waals surface area contributed by atoms with Crippen molar-refractivity contribution >= 4 is 27.3 Å². The van der Waals surface area contributed by atoms with Gasteiger partial charge in [0.2, 0.25) is 0 Å². The smallest absolute Gasteiger partial charge is 0.417 e. The maximum Gasteiger partial charge on any atom is 0.417 e. The van der Waals surface area contributed by atoms with Crippen LogP contribution in [-0.2, 0) is 16.2 Å². The lowest BCUT2D eigenvalue weighted by Crippen LogP contribution is -2.17. The van der Waals surface area contributed by atoms with E-state index in [0.29, 0.717) is 23.8 Å². The third-order valence-electron chi connectivity index (χ3n) is 3.97. The number of pyridine rings is 1. The summed E-state index contributed by atoms with van der Waals surface area (Å²) in [7, 11) is -1.35. The highest BCUT2D eigenvalue weighted by Gasteiger charge is 2.32. The molecule has 12 heteroatoms. The van der Waals surface area contributed by atoms with Gasteiger partial charge in [-0.15, -0.1) is 0 Å². The second-order valence-electron chi connectivity index (χ2n) is 5.95. The molecule has 2 heterocycles. The maximum absolute atomic E-state index is 12.9. The van der Waals surface area contributed by atoms with Crippen LogP contribution in [0, 0.1) is 0 Å². The van der Waals surface area contributed by atoms with Crippen LogP contribution in [-0.4, -0.2) is 32.2 Å². The number of ether oxygens (including phenoxy) is 2. The van der Waals surface area contributed by atoms with E-state index in [9.17, 15) is 21.6 Å². The average molecular weight is 462 g/mol. The number of alkyl halides is 3. The van der Waals surface area contributed by atoms with Crippen LogP contribution in [0.3, 0.4) is 0 Å². The first-order valence-electron chi connectivity index (χ1n) is 8.21. The summed E-state index contributed by atoms with van der Waals surface area (Å²) in [5.74, 6) is 0.544. The molecule has 0 spiro atoms. The zero-order valence-corrected chi connectivity index (χ0v) is 17.1. The fourth-order valence-corrected chi connectivity index (χ4v) is 4.05. The van der Waals surface area contributed by atoms with Crippen LogP contribution in [0.1, 0.15) is 5.56 Å². The maximum atomic E-state index is 12.9. The molecule has 160 valence electrons. The van der Waals surface area contributed by atoms with Gasteiger partial charge in [0.15, 0.2) is 10.8 Å². The zero-order valence-electron chi connectivity index (χ0n) is 15.6. The quantitative estimate of drug-likeness (QED) is 0.589. The Morgan fingerprint density at radius 2 is 1.73 bits per heavy atom. The van der Waals surface area contributed by atoms with Gasteiger partial charge in [-0.2, -0.15) is 21.6 Å². The minimum Gasteiger partial charge on any atom is -0.497 e. The van der Waals surface area contributed by atoms with E-state index in [1.807, 2.05) is 0 Å². The first-order valence-corrected chi connectivity index (χ1v) is 10.1. The SMILES string of the molecule is COc1cc(NS(=O)(=O)c2cccn2-c2ncc(C(F)(F)F)cc2Cl)cc(OC)c1. The Morgan fingerprint density at radius 1 is 1.10 bits per heavy atom. The molecule has 0 saturated heterocycles. The lowest BCUT2D eigenvalue weighted by atomic mass is 10.3. The zero-order chi connectivity index (χ0) is 22.1. The van der Waals surface area contributed by atoms with Gasteiger partial charge in [0.1, 0.15) is 11.5 Å². The number of rotatable bonds is 6. The van der Waals surface area contributed by atoms with Crippen molar-refractivity contribution in [3.63, 3.8) is 0 Å². The fraction of sp³-hybridized carbons (Fsp3) is 0.167. The number of sulfonamides is 1. The van der Waals surface area contributed by atoms with Gasteiger partial charge in [-0.3, -0.25) is 9.29 Å². The molecule has 30 heavy (non-hydrogen) atoms. The molecule has 3 rings (SSSR count). The number of methoxy groups -OCH3 is 2. The van der Waals surface area contributed by atoms with Crippen molar-refractivity contribution in [1.29, 1.82) is 0 Å². The van der Waals surface area contributed by atoms with E-state index in [0.717, 1.165) is 4.57 Å². The van der Waals surface area contributed by atoms with Crippen LogP contribution >= 0.6 is 11.6 Å². The van der Waals surface area contributed by atoms with Gasteiger partial charge in [-0.1, -0.05) is 11.6 Å². The highest BCUT2D eigenvalue weighted by Crippen LogP contribution is 2.33. The topological polar surface area (TPSA) is 82.5 Å². The van der Waals surface area contributed by atoms with Crippen molar-refractivity contribution < 1.29 is 31.1 Å². The van der Waals surface area contributed by atoms with E-state index in [1.165, 1.54) is 44.7 Å². The van der Waals surface area contributed by atoms with Gasteiger partial charge in [0.25, 0.3) is 10.0 Å². The number of aromatic nitrogens is 2. The molecule has 7 nitrogen and oxygen atoms in total. The molecule has 1 aromatic carbocycles. The van der Waals surface area contributed by atoms with Crippen LogP contribution in [0.25, 0.3) is 5.82 Å². The van der Waals surface area contributed by atoms with Crippen molar-refractivity contribution in [1.82, 2.24) is 9.55 Å². The Hall–Kier alpha value is -2.92. The minimum atomic E-state index is -4.63. The monoisotopic (exact) mass is 461 g/mol. The number of hydrogen-bond acceptors (Lipinski definition) is 5. The Kier molecular flexibility index (Phi) is 5.86. The van der Waals surface area contributed by atoms with E-state index in [2.05, 4.69) is 9.71 Å². The van der Waals surface area contributed by atoms with Gasteiger partial charge in [-0.05, 0) is 18.2 Å². The van der Waals surface area contributed by atoms with E-state index in [1.54, 1.807) is 6.07 Å². The molecule has 0 atom stereocenters. The van der Waals surface area contributed by atoms with E-state index in [4.69, 9.17) is 21.1 Å². The Labute approximate surface area is 175 Å². The molecular formula is C18H15ClF3N3O4S. The predicted molar refractivity (Wildman–Crippen MR) is 104 cm³/mol. The number of nitrogens with one attached hydrogen (secondary N) is 1. The standard InChI is InChI=1S/C18H15ClF3N3O4S/c1-28-13-7-12(8-14(9-13)29-2)24-30(26,27)16-4-3-5-25(16)17-15(19)6-11(10-23-17)18(20,21)22/h3-10,24H,1-2H3. The van der Waals surface area contributed by atoms with Crippen LogP contribution in [0.15, 0.2) is 53.8 Å². The Bertz CT molecular complexity index is 1160. The lowest BCUT2D eigenvalue weighted by molar-refractivity contribution is -0.137. The summed E-state index contributed by atoms with van der Waals surface area (Å²) in [5, 5.41) is -0.640. The molecule has 0 fully saturated rings. The molecule has 0 amide bonds.